The first kappa shape index (κ1) is 14.1. The molecule has 2 rings (SSSR count). The zero-order chi connectivity index (χ0) is 14.0. The van der Waals surface area contributed by atoms with Crippen LogP contribution in [0, 0.1) is 6.92 Å². The summed E-state index contributed by atoms with van der Waals surface area (Å²) in [4.78, 5) is 11.7. The lowest BCUT2D eigenvalue weighted by Crippen LogP contribution is -2.36. The molecule has 8 nitrogen and oxygen atoms in total. The number of nitrogens with zero attached hydrogens (tertiary/aromatic N) is 3. The molecule has 0 bridgehead atoms. The summed E-state index contributed by atoms with van der Waals surface area (Å²) >= 11 is 1.16. The number of carbonyl (C=O) groups excluding carboxylic acids is 1. The molecule has 19 heavy (non-hydrogen) atoms. The molecule has 0 radical (unpaired) electrons. The SMILES string of the molecule is Cc1nnc(SCC(=O)N[C@H]2CCS(=O)(=O)C2)n1N. The van der Waals surface area contributed by atoms with Crippen LogP contribution in [0.15, 0.2) is 5.16 Å². The third-order valence-corrected chi connectivity index (χ3v) is 5.48. The molecular weight excluding hydrogens is 290 g/mol. The molecule has 1 aliphatic heterocycles. The summed E-state index contributed by atoms with van der Waals surface area (Å²) in [6.45, 7) is 1.71. The van der Waals surface area contributed by atoms with E-state index in [1.54, 1.807) is 6.92 Å². The minimum Gasteiger partial charge on any atom is -0.352 e. The zero-order valence-corrected chi connectivity index (χ0v) is 12.0. The van der Waals surface area contributed by atoms with Gasteiger partial charge in [0, 0.05) is 6.04 Å². The fourth-order valence-electron chi connectivity index (χ4n) is 1.76. The lowest BCUT2D eigenvalue weighted by molar-refractivity contribution is -0.119. The van der Waals surface area contributed by atoms with Crippen LogP contribution in [0.5, 0.6) is 0 Å². The molecule has 1 aromatic rings. The molecule has 3 N–H and O–H groups in total. The number of aryl methyl sites for hydroxylation is 1. The van der Waals surface area contributed by atoms with Gasteiger partial charge in [0.2, 0.25) is 11.1 Å². The van der Waals surface area contributed by atoms with E-state index < -0.39 is 9.84 Å². The number of aromatic nitrogens is 3. The molecule has 2 heterocycles. The third kappa shape index (κ3) is 3.60. The average molecular weight is 305 g/mol. The highest BCUT2D eigenvalue weighted by Gasteiger charge is 2.28. The van der Waals surface area contributed by atoms with E-state index >= 15 is 0 Å². The number of rotatable bonds is 4. The average Bonchev–Trinajstić information content (AvgIpc) is 2.82. The van der Waals surface area contributed by atoms with Crippen molar-refractivity contribution >= 4 is 27.5 Å². The Bertz CT molecular complexity index is 583. The van der Waals surface area contributed by atoms with Gasteiger partial charge in [-0.3, -0.25) is 4.79 Å². The van der Waals surface area contributed by atoms with Gasteiger partial charge in [-0.25, -0.2) is 13.1 Å². The number of sulfone groups is 1. The van der Waals surface area contributed by atoms with Crippen molar-refractivity contribution < 1.29 is 13.2 Å². The number of nitrogen functional groups attached to an aromatic ring is 1. The quantitative estimate of drug-likeness (QED) is 0.523. The van der Waals surface area contributed by atoms with E-state index in [-0.39, 0.29) is 29.2 Å². The number of thioether (sulfide) groups is 1. The van der Waals surface area contributed by atoms with Crippen molar-refractivity contribution in [3.05, 3.63) is 5.82 Å². The van der Waals surface area contributed by atoms with Crippen LogP contribution < -0.4 is 11.2 Å². The first-order valence-electron chi connectivity index (χ1n) is 5.67. The summed E-state index contributed by atoms with van der Waals surface area (Å²) in [7, 11) is -2.98. The molecule has 10 heteroatoms. The molecule has 0 spiro atoms. The van der Waals surface area contributed by atoms with Crippen LogP contribution in [0.3, 0.4) is 0 Å². The van der Waals surface area contributed by atoms with Crippen molar-refractivity contribution in [2.45, 2.75) is 24.5 Å². The number of carbonyl (C=O) groups is 1. The van der Waals surface area contributed by atoms with E-state index in [4.69, 9.17) is 5.84 Å². The zero-order valence-electron chi connectivity index (χ0n) is 10.4. The molecule has 0 aromatic carbocycles. The fourth-order valence-corrected chi connectivity index (χ4v) is 4.14. The Morgan fingerprint density at radius 3 is 2.84 bits per heavy atom. The van der Waals surface area contributed by atoms with E-state index in [0.717, 1.165) is 11.8 Å². The predicted molar refractivity (Wildman–Crippen MR) is 70.8 cm³/mol. The lowest BCUT2D eigenvalue weighted by atomic mass is 10.3. The number of amides is 1. The van der Waals surface area contributed by atoms with Gasteiger partial charge in [-0.1, -0.05) is 11.8 Å². The van der Waals surface area contributed by atoms with E-state index in [0.29, 0.717) is 17.4 Å². The highest BCUT2D eigenvalue weighted by Crippen LogP contribution is 2.15. The number of hydrogen-bond acceptors (Lipinski definition) is 7. The minimum atomic E-state index is -2.98. The Morgan fingerprint density at radius 1 is 1.58 bits per heavy atom. The van der Waals surface area contributed by atoms with Crippen molar-refractivity contribution in [3.8, 4) is 0 Å². The molecular formula is C9H15N5O3S2. The van der Waals surface area contributed by atoms with Gasteiger partial charge in [-0.05, 0) is 13.3 Å². The summed E-state index contributed by atoms with van der Waals surface area (Å²) in [6.07, 6.45) is 0.477. The number of hydrogen-bond donors (Lipinski definition) is 2. The molecule has 0 unspecified atom stereocenters. The monoisotopic (exact) mass is 305 g/mol. The molecule has 1 saturated heterocycles. The van der Waals surface area contributed by atoms with E-state index in [1.165, 1.54) is 4.68 Å². The van der Waals surface area contributed by atoms with Crippen molar-refractivity contribution in [3.63, 3.8) is 0 Å². The highest BCUT2D eigenvalue weighted by atomic mass is 32.2. The van der Waals surface area contributed by atoms with Gasteiger partial charge >= 0.3 is 0 Å². The fraction of sp³-hybridized carbons (Fsp3) is 0.667. The molecule has 1 atom stereocenters. The summed E-state index contributed by atoms with van der Waals surface area (Å²) in [6, 6.07) is -0.282. The molecule has 106 valence electrons. The second-order valence-corrected chi connectivity index (χ2v) is 7.53. The van der Waals surface area contributed by atoms with E-state index in [9.17, 15) is 13.2 Å². The maximum Gasteiger partial charge on any atom is 0.230 e. The Hall–Kier alpha value is -1.29. The maximum absolute atomic E-state index is 11.7. The van der Waals surface area contributed by atoms with E-state index in [1.807, 2.05) is 0 Å². The van der Waals surface area contributed by atoms with Gasteiger partial charge in [-0.2, -0.15) is 0 Å². The summed E-state index contributed by atoms with van der Waals surface area (Å²) in [5.41, 5.74) is 0. The van der Waals surface area contributed by atoms with Crippen molar-refractivity contribution in [1.82, 2.24) is 20.2 Å². The Labute approximate surface area is 115 Å². The molecule has 0 saturated carbocycles. The van der Waals surface area contributed by atoms with Crippen molar-refractivity contribution in [1.29, 1.82) is 0 Å². The first-order valence-corrected chi connectivity index (χ1v) is 8.48. The summed E-state index contributed by atoms with van der Waals surface area (Å²) in [5, 5.41) is 10.7. The lowest BCUT2D eigenvalue weighted by Gasteiger charge is -2.10. The third-order valence-electron chi connectivity index (χ3n) is 2.76. The second kappa shape index (κ2) is 5.37. The van der Waals surface area contributed by atoms with Gasteiger partial charge in [0.1, 0.15) is 5.82 Å². The predicted octanol–water partition coefficient (Wildman–Crippen LogP) is -1.30. The van der Waals surface area contributed by atoms with Crippen LogP contribution in [0.1, 0.15) is 12.2 Å². The Kier molecular flexibility index (Phi) is 3.99. The van der Waals surface area contributed by atoms with Gasteiger partial charge < -0.3 is 11.2 Å². The van der Waals surface area contributed by atoms with Gasteiger partial charge in [0.05, 0.1) is 17.3 Å². The van der Waals surface area contributed by atoms with Crippen LogP contribution >= 0.6 is 11.8 Å². The first-order chi connectivity index (χ1) is 8.87. The van der Waals surface area contributed by atoms with Gasteiger partial charge in [0.25, 0.3) is 0 Å². The molecule has 0 aliphatic carbocycles. The normalized spacial score (nSPS) is 21.4. The number of nitrogens with two attached hydrogens (primary N) is 1. The molecule has 1 aliphatic rings. The van der Waals surface area contributed by atoms with E-state index in [2.05, 4.69) is 15.5 Å². The molecule has 1 aromatic heterocycles. The Morgan fingerprint density at radius 2 is 2.32 bits per heavy atom. The van der Waals surface area contributed by atoms with Crippen LogP contribution in [-0.2, 0) is 14.6 Å². The summed E-state index contributed by atoms with van der Waals surface area (Å²) < 4.78 is 23.8. The van der Waals surface area contributed by atoms with Crippen molar-refractivity contribution in [2.75, 3.05) is 23.1 Å². The topological polar surface area (TPSA) is 120 Å². The van der Waals surface area contributed by atoms with Crippen molar-refractivity contribution in [2.24, 2.45) is 0 Å². The summed E-state index contributed by atoms with van der Waals surface area (Å²) in [5.74, 6) is 6.27. The molecule has 1 fully saturated rings. The van der Waals surface area contributed by atoms with Gasteiger partial charge in [0.15, 0.2) is 9.84 Å². The Balaban J connectivity index is 1.81. The van der Waals surface area contributed by atoms with Gasteiger partial charge in [-0.15, -0.1) is 10.2 Å². The van der Waals surface area contributed by atoms with Crippen LogP contribution in [0.25, 0.3) is 0 Å². The van der Waals surface area contributed by atoms with Crippen LogP contribution in [0.2, 0.25) is 0 Å². The smallest absolute Gasteiger partial charge is 0.230 e. The molecule has 1 amide bonds. The largest absolute Gasteiger partial charge is 0.352 e. The number of nitrogens with one attached hydrogen (secondary N) is 1. The standard InChI is InChI=1S/C9H15N5O3S2/c1-6-12-13-9(14(6)10)18-4-8(15)11-7-2-3-19(16,17)5-7/h7H,2-5,10H2,1H3,(H,11,15)/t7-/m0/s1. The highest BCUT2D eigenvalue weighted by molar-refractivity contribution is 7.99. The maximum atomic E-state index is 11.7. The van der Waals surface area contributed by atoms with Crippen LogP contribution in [0.4, 0.5) is 0 Å². The minimum absolute atomic E-state index is 0.0234. The second-order valence-electron chi connectivity index (χ2n) is 4.36. The van der Waals surface area contributed by atoms with Crippen LogP contribution in [-0.4, -0.2) is 52.5 Å².